The van der Waals surface area contributed by atoms with E-state index in [1.54, 1.807) is 42.5 Å². The summed E-state index contributed by atoms with van der Waals surface area (Å²) in [7, 11) is 3.00. The SMILES string of the molecule is COc1cc(OC)cc(N2C(=O)C3C=CC=CC3=[N+](CC(=O)NCCC3=CCCCC3)C2=O)c1. The van der Waals surface area contributed by atoms with Gasteiger partial charge in [0.15, 0.2) is 6.54 Å². The van der Waals surface area contributed by atoms with Crippen LogP contribution in [0.1, 0.15) is 32.1 Å². The van der Waals surface area contributed by atoms with Gasteiger partial charge in [0.25, 0.3) is 5.91 Å². The fourth-order valence-corrected chi connectivity index (χ4v) is 4.47. The molecule has 4 rings (SSSR count). The second kappa shape index (κ2) is 10.5. The highest BCUT2D eigenvalue weighted by Gasteiger charge is 2.48. The van der Waals surface area contributed by atoms with Crippen LogP contribution in [0.3, 0.4) is 0 Å². The van der Waals surface area contributed by atoms with Gasteiger partial charge < -0.3 is 14.8 Å². The van der Waals surface area contributed by atoms with Crippen molar-refractivity contribution in [2.45, 2.75) is 32.1 Å². The van der Waals surface area contributed by atoms with E-state index in [2.05, 4.69) is 11.4 Å². The van der Waals surface area contributed by atoms with E-state index in [1.807, 2.05) is 0 Å². The molecule has 4 amide bonds. The van der Waals surface area contributed by atoms with Gasteiger partial charge in [0.2, 0.25) is 0 Å². The molecule has 8 heteroatoms. The van der Waals surface area contributed by atoms with Gasteiger partial charge in [-0.05, 0) is 38.2 Å². The Kier molecular flexibility index (Phi) is 7.25. The number of nitrogens with one attached hydrogen (secondary N) is 1. The number of carbonyl (C=O) groups is 3. The normalized spacial score (nSPS) is 19.6. The van der Waals surface area contributed by atoms with Crippen LogP contribution >= 0.6 is 0 Å². The van der Waals surface area contributed by atoms with Gasteiger partial charge in [0.1, 0.15) is 28.8 Å². The van der Waals surface area contributed by atoms with E-state index >= 15 is 0 Å². The van der Waals surface area contributed by atoms with Gasteiger partial charge in [0.05, 0.1) is 14.2 Å². The number of ether oxygens (including phenoxy) is 2. The molecule has 8 nitrogen and oxygen atoms in total. The molecule has 1 aromatic rings. The van der Waals surface area contributed by atoms with E-state index in [4.69, 9.17) is 9.47 Å². The maximum Gasteiger partial charge on any atom is 0.506 e. The van der Waals surface area contributed by atoms with E-state index in [9.17, 15) is 14.4 Å². The first-order valence-electron chi connectivity index (χ1n) is 11.6. The maximum absolute atomic E-state index is 13.5. The van der Waals surface area contributed by atoms with Crippen LogP contribution in [-0.4, -0.2) is 55.4 Å². The number of amides is 4. The third-order valence-corrected chi connectivity index (χ3v) is 6.27. The van der Waals surface area contributed by atoms with E-state index in [0.29, 0.717) is 29.4 Å². The lowest BCUT2D eigenvalue weighted by Crippen LogP contribution is -2.56. The van der Waals surface area contributed by atoms with Crippen LogP contribution in [0.4, 0.5) is 10.5 Å². The van der Waals surface area contributed by atoms with Gasteiger partial charge in [-0.25, -0.2) is 4.79 Å². The summed E-state index contributed by atoms with van der Waals surface area (Å²) in [6.45, 7) is 0.351. The number of benzene rings is 1. The quantitative estimate of drug-likeness (QED) is 0.471. The molecule has 178 valence electrons. The topological polar surface area (TPSA) is 87.9 Å². The molecular formula is C26H30N3O5+. The fraction of sp³-hybridized carbons (Fsp3) is 0.385. The molecule has 0 bridgehead atoms. The van der Waals surface area contributed by atoms with Crippen LogP contribution in [0, 0.1) is 5.92 Å². The summed E-state index contributed by atoms with van der Waals surface area (Å²) in [4.78, 5) is 40.7. The first-order valence-corrected chi connectivity index (χ1v) is 11.6. The minimum atomic E-state index is -0.667. The van der Waals surface area contributed by atoms with Gasteiger partial charge in [-0.3, -0.25) is 4.79 Å². The Hall–Kier alpha value is -3.68. The largest absolute Gasteiger partial charge is 0.506 e. The van der Waals surface area contributed by atoms with Gasteiger partial charge in [-0.1, -0.05) is 29.9 Å². The van der Waals surface area contributed by atoms with Crippen LogP contribution < -0.4 is 19.7 Å². The molecule has 1 aliphatic heterocycles. The molecule has 1 N–H and O–H groups in total. The van der Waals surface area contributed by atoms with Crippen LogP contribution in [0.25, 0.3) is 0 Å². The molecule has 0 spiro atoms. The smallest absolute Gasteiger partial charge is 0.496 e. The van der Waals surface area contributed by atoms with E-state index < -0.39 is 17.9 Å². The maximum atomic E-state index is 13.5. The standard InChI is InChI=1S/C26H29N3O5/c1-33-20-14-19(15-21(16-20)34-2)29-25(31)22-10-6-7-11-23(22)28(26(29)32)17-24(30)27-13-12-18-8-4-3-5-9-18/h6-8,10-11,14-16,22H,3-5,9,12-13,17H2,1-2H3/p+1. The number of nitrogens with zero attached hydrogens (tertiary/aromatic N) is 2. The van der Waals surface area contributed by atoms with Crippen molar-refractivity contribution in [3.05, 3.63) is 54.2 Å². The molecule has 0 saturated heterocycles. The summed E-state index contributed by atoms with van der Waals surface area (Å²) in [5.41, 5.74) is 2.19. The van der Waals surface area contributed by atoms with Gasteiger partial charge >= 0.3 is 11.9 Å². The molecular weight excluding hydrogens is 434 g/mol. The minimum absolute atomic E-state index is 0.174. The predicted octanol–water partition coefficient (Wildman–Crippen LogP) is 3.37. The number of urea groups is 1. The Bertz CT molecular complexity index is 1090. The molecule has 0 fully saturated rings. The van der Waals surface area contributed by atoms with Crippen LogP contribution in [-0.2, 0) is 9.59 Å². The van der Waals surface area contributed by atoms with Gasteiger partial charge in [-0.15, -0.1) is 4.90 Å². The first kappa shape index (κ1) is 23.5. The van der Waals surface area contributed by atoms with Crippen LogP contribution in [0.15, 0.2) is 54.2 Å². The Morgan fingerprint density at radius 3 is 2.56 bits per heavy atom. The lowest BCUT2D eigenvalue weighted by molar-refractivity contribution is -0.417. The number of allylic oxidation sites excluding steroid dienone is 4. The molecule has 3 aliphatic rings. The molecule has 2 aliphatic carbocycles. The van der Waals surface area contributed by atoms with Crippen LogP contribution in [0.2, 0.25) is 0 Å². The Balaban J connectivity index is 1.57. The van der Waals surface area contributed by atoms with Crippen molar-refractivity contribution >= 4 is 29.2 Å². The average Bonchev–Trinajstić information content (AvgIpc) is 2.87. The zero-order valence-corrected chi connectivity index (χ0v) is 19.6. The van der Waals surface area contributed by atoms with Crippen molar-refractivity contribution in [3.8, 4) is 11.5 Å². The van der Waals surface area contributed by atoms with Crippen molar-refractivity contribution in [3.63, 3.8) is 0 Å². The molecule has 1 unspecified atom stereocenters. The Labute approximate surface area is 199 Å². The van der Waals surface area contributed by atoms with Crippen molar-refractivity contribution < 1.29 is 28.4 Å². The second-order valence-corrected chi connectivity index (χ2v) is 8.47. The van der Waals surface area contributed by atoms with E-state index in [1.165, 1.54) is 37.2 Å². The van der Waals surface area contributed by atoms with E-state index in [0.717, 1.165) is 24.2 Å². The van der Waals surface area contributed by atoms with Crippen molar-refractivity contribution in [1.82, 2.24) is 5.32 Å². The minimum Gasteiger partial charge on any atom is -0.496 e. The predicted molar refractivity (Wildman–Crippen MR) is 129 cm³/mol. The highest BCUT2D eigenvalue weighted by atomic mass is 16.5. The van der Waals surface area contributed by atoms with Gasteiger partial charge in [-0.2, -0.15) is 9.37 Å². The monoisotopic (exact) mass is 464 g/mol. The van der Waals surface area contributed by atoms with Crippen molar-refractivity contribution in [2.75, 3.05) is 32.2 Å². The molecule has 1 atom stereocenters. The number of methoxy groups -OCH3 is 2. The number of rotatable bonds is 8. The Morgan fingerprint density at radius 1 is 1.12 bits per heavy atom. The van der Waals surface area contributed by atoms with E-state index in [-0.39, 0.29) is 12.5 Å². The molecule has 0 saturated carbocycles. The number of anilines is 1. The van der Waals surface area contributed by atoms with Crippen molar-refractivity contribution in [2.24, 2.45) is 5.92 Å². The molecule has 0 aromatic heterocycles. The summed E-state index contributed by atoms with van der Waals surface area (Å²) in [6, 6.07) is 4.27. The number of carbonyl (C=O) groups excluding carboxylic acids is 3. The molecule has 1 heterocycles. The number of imide groups is 1. The van der Waals surface area contributed by atoms with Crippen molar-refractivity contribution in [1.29, 1.82) is 0 Å². The summed E-state index contributed by atoms with van der Waals surface area (Å²) in [5.74, 6) is -0.427. The zero-order valence-electron chi connectivity index (χ0n) is 19.6. The lowest BCUT2D eigenvalue weighted by atomic mass is 9.94. The first-order chi connectivity index (χ1) is 16.5. The second-order valence-electron chi connectivity index (χ2n) is 8.47. The highest BCUT2D eigenvalue weighted by molar-refractivity contribution is 6.26. The summed E-state index contributed by atoms with van der Waals surface area (Å²) in [6.07, 6.45) is 14.6. The zero-order chi connectivity index (χ0) is 24.1. The highest BCUT2D eigenvalue weighted by Crippen LogP contribution is 2.32. The fourth-order valence-electron chi connectivity index (χ4n) is 4.47. The number of hydrogen-bond donors (Lipinski definition) is 1. The molecule has 34 heavy (non-hydrogen) atoms. The summed E-state index contributed by atoms with van der Waals surface area (Å²) >= 11 is 0. The third-order valence-electron chi connectivity index (χ3n) is 6.27. The summed E-state index contributed by atoms with van der Waals surface area (Å²) in [5, 5.41) is 2.92. The number of hydrogen-bond acceptors (Lipinski definition) is 5. The third kappa shape index (κ3) is 4.95. The molecule has 0 radical (unpaired) electrons. The molecule has 1 aromatic carbocycles. The summed E-state index contributed by atoms with van der Waals surface area (Å²) < 4.78 is 12.0. The van der Waals surface area contributed by atoms with Gasteiger partial charge in [0, 0.05) is 24.7 Å². The number of fused-ring (bicyclic) bond motifs is 1. The Morgan fingerprint density at radius 2 is 1.88 bits per heavy atom. The average molecular weight is 465 g/mol. The lowest BCUT2D eigenvalue weighted by Gasteiger charge is -2.26. The van der Waals surface area contributed by atoms with Crippen LogP contribution in [0.5, 0.6) is 11.5 Å².